The van der Waals surface area contributed by atoms with Crippen molar-refractivity contribution in [2.45, 2.75) is 26.5 Å². The first-order valence-corrected chi connectivity index (χ1v) is 12.1. The standard InChI is InChI=1S/C31H24N2O4/c1-19-8-13-25-24(16-19)29(34)27-28(33(31(35)30(27)37-25)26-17-20(2)14-15-32-26)22-9-11-23(12-10-22)36-18-21-6-4-3-5-7-21/h3-17,28H,18H2,1-2H3. The van der Waals surface area contributed by atoms with Crippen molar-refractivity contribution in [2.75, 3.05) is 4.90 Å². The van der Waals surface area contributed by atoms with Gasteiger partial charge in [-0.1, -0.05) is 54.1 Å². The van der Waals surface area contributed by atoms with Gasteiger partial charge in [-0.25, -0.2) is 4.98 Å². The maximum Gasteiger partial charge on any atom is 0.296 e. The Morgan fingerprint density at radius 1 is 0.892 bits per heavy atom. The number of benzene rings is 3. The molecule has 182 valence electrons. The molecular formula is C31H24N2O4. The number of nitrogens with zero attached hydrogens (tertiary/aromatic N) is 2. The Morgan fingerprint density at radius 2 is 1.65 bits per heavy atom. The van der Waals surface area contributed by atoms with Gasteiger partial charge in [0.2, 0.25) is 5.76 Å². The topological polar surface area (TPSA) is 72.6 Å². The highest BCUT2D eigenvalue weighted by atomic mass is 16.5. The predicted octanol–water partition coefficient (Wildman–Crippen LogP) is 6.13. The third kappa shape index (κ3) is 4.06. The molecule has 2 aromatic heterocycles. The number of ether oxygens (including phenoxy) is 1. The van der Waals surface area contributed by atoms with Crippen molar-refractivity contribution in [1.82, 2.24) is 4.98 Å². The van der Waals surface area contributed by atoms with Crippen LogP contribution in [0.15, 0.2) is 100 Å². The van der Waals surface area contributed by atoms with Gasteiger partial charge in [-0.2, -0.15) is 0 Å². The number of aromatic nitrogens is 1. The minimum absolute atomic E-state index is 0.0547. The molecule has 1 amide bonds. The van der Waals surface area contributed by atoms with E-state index in [2.05, 4.69) is 4.98 Å². The molecule has 6 rings (SSSR count). The lowest BCUT2D eigenvalue weighted by molar-refractivity contribution is 0.0970. The van der Waals surface area contributed by atoms with Crippen LogP contribution in [0.1, 0.15) is 44.4 Å². The molecule has 0 N–H and O–H groups in total. The van der Waals surface area contributed by atoms with Gasteiger partial charge in [-0.3, -0.25) is 14.5 Å². The Labute approximate surface area is 213 Å². The molecule has 3 heterocycles. The number of pyridine rings is 1. The van der Waals surface area contributed by atoms with Gasteiger partial charge in [-0.15, -0.1) is 0 Å². The number of carbonyl (C=O) groups excluding carboxylic acids is 1. The van der Waals surface area contributed by atoms with Crippen molar-refractivity contribution in [1.29, 1.82) is 0 Å². The van der Waals surface area contributed by atoms with Crippen LogP contribution in [0.3, 0.4) is 0 Å². The second kappa shape index (κ2) is 9.06. The van der Waals surface area contributed by atoms with Gasteiger partial charge >= 0.3 is 0 Å². The number of anilines is 1. The summed E-state index contributed by atoms with van der Waals surface area (Å²) in [4.78, 5) is 33.5. The lowest BCUT2D eigenvalue weighted by Gasteiger charge is -2.24. The summed E-state index contributed by atoms with van der Waals surface area (Å²) >= 11 is 0. The van der Waals surface area contributed by atoms with Crippen LogP contribution in [0.4, 0.5) is 5.82 Å². The summed E-state index contributed by atoms with van der Waals surface area (Å²) in [6.07, 6.45) is 1.66. The number of aryl methyl sites for hydroxylation is 2. The van der Waals surface area contributed by atoms with E-state index < -0.39 is 6.04 Å². The molecule has 37 heavy (non-hydrogen) atoms. The third-order valence-corrected chi connectivity index (χ3v) is 6.62. The van der Waals surface area contributed by atoms with Crippen molar-refractivity contribution >= 4 is 22.7 Å². The molecule has 6 nitrogen and oxygen atoms in total. The Balaban J connectivity index is 1.45. The zero-order chi connectivity index (χ0) is 25.5. The maximum atomic E-state index is 13.8. The van der Waals surface area contributed by atoms with Crippen LogP contribution in [0.2, 0.25) is 0 Å². The molecule has 1 atom stereocenters. The average Bonchev–Trinajstić information content (AvgIpc) is 3.21. The summed E-state index contributed by atoms with van der Waals surface area (Å²) < 4.78 is 12.0. The molecule has 1 unspecified atom stereocenters. The van der Waals surface area contributed by atoms with Crippen LogP contribution in [0.5, 0.6) is 5.75 Å². The largest absolute Gasteiger partial charge is 0.489 e. The fourth-order valence-electron chi connectivity index (χ4n) is 4.78. The Kier molecular flexibility index (Phi) is 5.57. The summed E-state index contributed by atoms with van der Waals surface area (Å²) in [6, 6.07) is 25.8. The molecule has 5 aromatic rings. The zero-order valence-electron chi connectivity index (χ0n) is 20.5. The number of carbonyl (C=O) groups is 1. The summed E-state index contributed by atoms with van der Waals surface area (Å²) in [5.74, 6) is 0.824. The zero-order valence-corrected chi connectivity index (χ0v) is 20.5. The highest BCUT2D eigenvalue weighted by Crippen LogP contribution is 2.41. The van der Waals surface area contributed by atoms with Crippen molar-refractivity contribution in [2.24, 2.45) is 0 Å². The number of rotatable bonds is 5. The van der Waals surface area contributed by atoms with E-state index in [0.29, 0.717) is 34.7 Å². The lowest BCUT2D eigenvalue weighted by Crippen LogP contribution is -2.30. The van der Waals surface area contributed by atoms with Crippen LogP contribution in [0.25, 0.3) is 11.0 Å². The summed E-state index contributed by atoms with van der Waals surface area (Å²) in [7, 11) is 0. The molecule has 0 saturated heterocycles. The first-order valence-electron chi connectivity index (χ1n) is 12.1. The second-order valence-corrected chi connectivity index (χ2v) is 9.29. The van der Waals surface area contributed by atoms with Gasteiger partial charge in [0.15, 0.2) is 5.43 Å². The van der Waals surface area contributed by atoms with E-state index in [4.69, 9.17) is 9.15 Å². The quantitative estimate of drug-likeness (QED) is 0.297. The Bertz CT molecular complexity index is 1690. The lowest BCUT2D eigenvalue weighted by atomic mass is 9.98. The van der Waals surface area contributed by atoms with Gasteiger partial charge in [0, 0.05) is 6.20 Å². The monoisotopic (exact) mass is 488 g/mol. The third-order valence-electron chi connectivity index (χ3n) is 6.62. The summed E-state index contributed by atoms with van der Waals surface area (Å²) in [6.45, 7) is 4.30. The predicted molar refractivity (Wildman–Crippen MR) is 142 cm³/mol. The summed E-state index contributed by atoms with van der Waals surface area (Å²) in [5.41, 5.74) is 4.24. The molecular weight excluding hydrogens is 464 g/mol. The number of hydrogen-bond acceptors (Lipinski definition) is 5. The fraction of sp³-hybridized carbons (Fsp3) is 0.129. The van der Waals surface area contributed by atoms with Crippen molar-refractivity contribution < 1.29 is 13.9 Å². The molecule has 1 aliphatic rings. The highest BCUT2D eigenvalue weighted by Gasteiger charge is 2.44. The summed E-state index contributed by atoms with van der Waals surface area (Å²) in [5, 5.41) is 0.457. The molecule has 3 aromatic carbocycles. The highest BCUT2D eigenvalue weighted by molar-refractivity contribution is 6.10. The Hall–Kier alpha value is -4.71. The minimum atomic E-state index is -0.680. The van der Waals surface area contributed by atoms with E-state index >= 15 is 0 Å². The van der Waals surface area contributed by atoms with Gasteiger partial charge in [-0.05, 0) is 66.9 Å². The van der Waals surface area contributed by atoms with E-state index in [1.54, 1.807) is 23.2 Å². The van der Waals surface area contributed by atoms with Crippen molar-refractivity contribution in [3.8, 4) is 5.75 Å². The molecule has 0 fully saturated rings. The molecule has 1 aliphatic heterocycles. The maximum absolute atomic E-state index is 13.8. The van der Waals surface area contributed by atoms with Gasteiger partial charge in [0.05, 0.1) is 17.0 Å². The molecule has 0 radical (unpaired) electrons. The van der Waals surface area contributed by atoms with Crippen LogP contribution in [-0.4, -0.2) is 10.9 Å². The Morgan fingerprint density at radius 3 is 2.41 bits per heavy atom. The number of amides is 1. The number of fused-ring (bicyclic) bond motifs is 2. The van der Waals surface area contributed by atoms with E-state index in [-0.39, 0.29) is 17.1 Å². The van der Waals surface area contributed by atoms with Crippen molar-refractivity contribution in [3.05, 3.63) is 135 Å². The first kappa shape index (κ1) is 22.7. The first-order chi connectivity index (χ1) is 18.0. The fourth-order valence-corrected chi connectivity index (χ4v) is 4.78. The van der Waals surface area contributed by atoms with Crippen LogP contribution in [0, 0.1) is 13.8 Å². The molecule has 6 heteroatoms. The van der Waals surface area contributed by atoms with Gasteiger partial charge in [0.1, 0.15) is 23.8 Å². The van der Waals surface area contributed by atoms with Crippen LogP contribution >= 0.6 is 0 Å². The molecule has 0 bridgehead atoms. The number of hydrogen-bond donors (Lipinski definition) is 0. The molecule has 0 saturated carbocycles. The van der Waals surface area contributed by atoms with Gasteiger partial charge in [0.25, 0.3) is 5.91 Å². The van der Waals surface area contributed by atoms with Crippen LogP contribution < -0.4 is 15.1 Å². The van der Waals surface area contributed by atoms with E-state index in [9.17, 15) is 9.59 Å². The second-order valence-electron chi connectivity index (χ2n) is 9.29. The van der Waals surface area contributed by atoms with Crippen LogP contribution in [-0.2, 0) is 6.61 Å². The smallest absolute Gasteiger partial charge is 0.296 e. The SMILES string of the molecule is Cc1ccnc(N2C(=O)c3oc4ccc(C)cc4c(=O)c3C2c2ccc(OCc3ccccc3)cc2)c1. The van der Waals surface area contributed by atoms with Gasteiger partial charge < -0.3 is 9.15 Å². The van der Waals surface area contributed by atoms with E-state index in [1.807, 2.05) is 86.6 Å². The van der Waals surface area contributed by atoms with Crippen molar-refractivity contribution in [3.63, 3.8) is 0 Å². The average molecular weight is 489 g/mol. The normalized spacial score (nSPS) is 14.7. The van der Waals surface area contributed by atoms with E-state index in [1.165, 1.54) is 0 Å². The molecule has 0 spiro atoms. The minimum Gasteiger partial charge on any atom is -0.489 e. The molecule has 0 aliphatic carbocycles. The van der Waals surface area contributed by atoms with E-state index in [0.717, 1.165) is 22.3 Å².